The van der Waals surface area contributed by atoms with Gasteiger partial charge in [-0.05, 0) is 44.8 Å². The number of nitrogens with zero attached hydrogens (tertiary/aromatic N) is 5. The van der Waals surface area contributed by atoms with Crippen LogP contribution in [0.5, 0.6) is 0 Å². The minimum Gasteiger partial charge on any atom is -0.342 e. The van der Waals surface area contributed by atoms with Crippen molar-refractivity contribution in [2.45, 2.75) is 37.3 Å². The lowest BCUT2D eigenvalue weighted by Gasteiger charge is -2.39. The van der Waals surface area contributed by atoms with Crippen LogP contribution in [0.1, 0.15) is 25.7 Å². The molecule has 1 atom stereocenters. The average molecular weight is 408 g/mol. The van der Waals surface area contributed by atoms with Gasteiger partial charge >= 0.3 is 0 Å². The number of hydrogen-bond acceptors (Lipinski definition) is 5. The highest BCUT2D eigenvalue weighted by molar-refractivity contribution is 6.00. The summed E-state index contributed by atoms with van der Waals surface area (Å²) in [6.07, 6.45) is 9.79. The SMILES string of the molecule is Cl.Cn1cc(N2CCCC(NC(=O)C3(n4cccn4)CCNCC3)C2=O)cn1. The number of carbonyl (C=O) groups excluding carboxylic acids is 2. The van der Waals surface area contributed by atoms with Crippen molar-refractivity contribution in [2.24, 2.45) is 7.05 Å². The Labute approximate surface area is 169 Å². The van der Waals surface area contributed by atoms with Crippen LogP contribution in [-0.2, 0) is 22.2 Å². The maximum atomic E-state index is 13.3. The van der Waals surface area contributed by atoms with Gasteiger partial charge in [-0.15, -0.1) is 12.4 Å². The van der Waals surface area contributed by atoms with E-state index in [4.69, 9.17) is 0 Å². The standard InChI is InChI=1S/C18H25N7O2.ClH/c1-23-13-14(12-21-23)24-10-2-4-15(16(24)26)22-17(27)18(5-8-19-9-6-18)25-11-3-7-20-25;/h3,7,11-13,15,19H,2,4-6,8-10H2,1H3,(H,22,27);1H. The summed E-state index contributed by atoms with van der Waals surface area (Å²) in [6, 6.07) is 1.31. The minimum absolute atomic E-state index is 0. The molecule has 2 N–H and O–H groups in total. The topological polar surface area (TPSA) is 97.1 Å². The minimum atomic E-state index is -0.744. The van der Waals surface area contributed by atoms with Crippen molar-refractivity contribution >= 4 is 29.9 Å². The zero-order valence-electron chi connectivity index (χ0n) is 15.9. The Balaban J connectivity index is 0.00000225. The molecule has 28 heavy (non-hydrogen) atoms. The van der Waals surface area contributed by atoms with Crippen molar-refractivity contribution < 1.29 is 9.59 Å². The number of rotatable bonds is 4. The van der Waals surface area contributed by atoms with E-state index in [-0.39, 0.29) is 24.2 Å². The number of aromatic nitrogens is 4. The van der Waals surface area contributed by atoms with Crippen molar-refractivity contribution in [2.75, 3.05) is 24.5 Å². The summed E-state index contributed by atoms with van der Waals surface area (Å²) in [4.78, 5) is 28.0. The smallest absolute Gasteiger partial charge is 0.249 e. The Morgan fingerprint density at radius 2 is 2.11 bits per heavy atom. The van der Waals surface area contributed by atoms with Crippen LogP contribution in [-0.4, -0.2) is 57.1 Å². The lowest BCUT2D eigenvalue weighted by Crippen LogP contribution is -2.60. The first-order valence-electron chi connectivity index (χ1n) is 9.42. The predicted octanol–water partition coefficient (Wildman–Crippen LogP) is 0.429. The van der Waals surface area contributed by atoms with Gasteiger partial charge in [0.1, 0.15) is 11.6 Å². The molecule has 2 fully saturated rings. The van der Waals surface area contributed by atoms with E-state index in [2.05, 4.69) is 20.8 Å². The number of piperidine rings is 2. The molecule has 0 bridgehead atoms. The van der Waals surface area contributed by atoms with Gasteiger partial charge in [0, 0.05) is 32.2 Å². The number of halogens is 1. The van der Waals surface area contributed by atoms with Gasteiger partial charge in [-0.1, -0.05) is 0 Å². The van der Waals surface area contributed by atoms with E-state index in [1.807, 2.05) is 25.5 Å². The fourth-order valence-corrected chi connectivity index (χ4v) is 4.03. The third-order valence-corrected chi connectivity index (χ3v) is 5.54. The van der Waals surface area contributed by atoms with E-state index < -0.39 is 11.6 Å². The quantitative estimate of drug-likeness (QED) is 0.766. The van der Waals surface area contributed by atoms with E-state index in [9.17, 15) is 9.59 Å². The molecule has 2 saturated heterocycles. The summed E-state index contributed by atoms with van der Waals surface area (Å²) in [6.45, 7) is 2.13. The van der Waals surface area contributed by atoms with Gasteiger partial charge in [-0.3, -0.25) is 19.0 Å². The number of aryl methyl sites for hydroxylation is 1. The molecule has 2 aliphatic rings. The Bertz CT molecular complexity index is 814. The zero-order valence-corrected chi connectivity index (χ0v) is 16.7. The lowest BCUT2D eigenvalue weighted by atomic mass is 9.86. The third kappa shape index (κ3) is 3.64. The highest BCUT2D eigenvalue weighted by atomic mass is 35.5. The molecule has 2 aromatic rings. The molecule has 10 heteroatoms. The summed E-state index contributed by atoms with van der Waals surface area (Å²) >= 11 is 0. The largest absolute Gasteiger partial charge is 0.342 e. The monoisotopic (exact) mass is 407 g/mol. The van der Waals surface area contributed by atoms with Crippen LogP contribution in [0.3, 0.4) is 0 Å². The Morgan fingerprint density at radius 3 is 2.75 bits per heavy atom. The summed E-state index contributed by atoms with van der Waals surface area (Å²) in [7, 11) is 1.82. The third-order valence-electron chi connectivity index (χ3n) is 5.54. The van der Waals surface area contributed by atoms with E-state index in [1.165, 1.54) is 0 Å². The summed E-state index contributed by atoms with van der Waals surface area (Å²) in [5.41, 5.74) is 0.0242. The van der Waals surface area contributed by atoms with Gasteiger partial charge in [0.05, 0.1) is 11.9 Å². The van der Waals surface area contributed by atoms with Crippen molar-refractivity contribution in [3.63, 3.8) is 0 Å². The van der Waals surface area contributed by atoms with Gasteiger partial charge in [0.2, 0.25) is 11.8 Å². The molecule has 9 nitrogen and oxygen atoms in total. The van der Waals surface area contributed by atoms with Crippen molar-refractivity contribution in [3.05, 3.63) is 30.9 Å². The first kappa shape index (κ1) is 20.3. The first-order valence-corrected chi connectivity index (χ1v) is 9.42. The van der Waals surface area contributed by atoms with Gasteiger partial charge < -0.3 is 15.5 Å². The molecule has 0 spiro atoms. The second-order valence-corrected chi connectivity index (χ2v) is 7.26. The van der Waals surface area contributed by atoms with E-state index >= 15 is 0 Å². The summed E-state index contributed by atoms with van der Waals surface area (Å²) in [5, 5.41) is 14.8. The zero-order chi connectivity index (χ0) is 18.9. The highest BCUT2D eigenvalue weighted by Gasteiger charge is 2.44. The van der Waals surface area contributed by atoms with Crippen LogP contribution in [0.25, 0.3) is 0 Å². The van der Waals surface area contributed by atoms with Crippen molar-refractivity contribution in [1.82, 2.24) is 30.2 Å². The Hall–Kier alpha value is -2.39. The first-order chi connectivity index (χ1) is 13.1. The number of anilines is 1. The number of nitrogens with one attached hydrogen (secondary N) is 2. The van der Waals surface area contributed by atoms with Gasteiger partial charge in [0.25, 0.3) is 0 Å². The van der Waals surface area contributed by atoms with Crippen LogP contribution >= 0.6 is 12.4 Å². The second kappa shape index (κ2) is 8.32. The second-order valence-electron chi connectivity index (χ2n) is 7.26. The van der Waals surface area contributed by atoms with Crippen LogP contribution in [0.15, 0.2) is 30.9 Å². The van der Waals surface area contributed by atoms with Crippen molar-refractivity contribution in [3.8, 4) is 0 Å². The van der Waals surface area contributed by atoms with Gasteiger partial charge in [-0.25, -0.2) is 0 Å². The molecule has 4 heterocycles. The fraction of sp³-hybridized carbons (Fsp3) is 0.556. The molecule has 2 amide bonds. The molecular formula is C18H26ClN7O2. The predicted molar refractivity (Wildman–Crippen MR) is 106 cm³/mol. The normalized spacial score (nSPS) is 21.8. The molecule has 0 saturated carbocycles. The van der Waals surface area contributed by atoms with Gasteiger partial charge in [-0.2, -0.15) is 10.2 Å². The van der Waals surface area contributed by atoms with Gasteiger partial charge in [0.15, 0.2) is 0 Å². The fourth-order valence-electron chi connectivity index (χ4n) is 4.03. The van der Waals surface area contributed by atoms with E-state index in [0.717, 1.165) is 25.2 Å². The van der Waals surface area contributed by atoms with Crippen LogP contribution in [0.4, 0.5) is 5.69 Å². The molecule has 0 aromatic carbocycles. The maximum absolute atomic E-state index is 13.3. The molecule has 2 aliphatic heterocycles. The van der Waals surface area contributed by atoms with Crippen LogP contribution < -0.4 is 15.5 Å². The summed E-state index contributed by atoms with van der Waals surface area (Å²) in [5.74, 6) is -0.203. The van der Waals surface area contributed by atoms with Crippen LogP contribution in [0.2, 0.25) is 0 Å². The molecular weight excluding hydrogens is 382 g/mol. The highest BCUT2D eigenvalue weighted by Crippen LogP contribution is 2.28. The average Bonchev–Trinajstić information content (AvgIpc) is 3.36. The Kier molecular flexibility index (Phi) is 6.04. The van der Waals surface area contributed by atoms with Crippen molar-refractivity contribution in [1.29, 1.82) is 0 Å². The number of hydrogen-bond donors (Lipinski definition) is 2. The molecule has 2 aromatic heterocycles. The Morgan fingerprint density at radius 1 is 1.32 bits per heavy atom. The summed E-state index contributed by atoms with van der Waals surface area (Å²) < 4.78 is 3.42. The maximum Gasteiger partial charge on any atom is 0.249 e. The molecule has 152 valence electrons. The van der Waals surface area contributed by atoms with E-state index in [1.54, 1.807) is 26.7 Å². The molecule has 0 radical (unpaired) electrons. The lowest BCUT2D eigenvalue weighted by molar-refractivity contribution is -0.136. The van der Waals surface area contributed by atoms with Crippen LogP contribution in [0, 0.1) is 0 Å². The number of amides is 2. The molecule has 1 unspecified atom stereocenters. The molecule has 0 aliphatic carbocycles. The van der Waals surface area contributed by atoms with E-state index in [0.29, 0.717) is 25.8 Å². The molecule has 4 rings (SSSR count). The number of carbonyl (C=O) groups is 2.